The summed E-state index contributed by atoms with van der Waals surface area (Å²) in [4.78, 5) is 11.8. The van der Waals surface area contributed by atoms with Crippen LogP contribution in [0.3, 0.4) is 0 Å². The Labute approximate surface area is 182 Å². The molecule has 0 saturated carbocycles. The van der Waals surface area contributed by atoms with Gasteiger partial charge < -0.3 is 9.16 Å². The van der Waals surface area contributed by atoms with Crippen molar-refractivity contribution in [2.24, 2.45) is 11.8 Å². The topological polar surface area (TPSA) is 35.5 Å². The van der Waals surface area contributed by atoms with Crippen molar-refractivity contribution in [2.45, 2.75) is 65.0 Å². The SMILES string of the molecule is C[C@H](CO[Si](c1ccccc1)(c1ccccc1)C(C)(C)C)C[C@@H]1C[C@@H](C)CC(=O)O1. The van der Waals surface area contributed by atoms with Crippen molar-refractivity contribution < 1.29 is 14.0 Å². The Morgan fingerprint density at radius 3 is 2.03 bits per heavy atom. The Kier molecular flexibility index (Phi) is 7.20. The Bertz CT molecular complexity index is 774. The quantitative estimate of drug-likeness (QED) is 0.467. The average molecular weight is 425 g/mol. The fourth-order valence-electron chi connectivity index (χ4n) is 4.79. The lowest BCUT2D eigenvalue weighted by atomic mass is 9.92. The molecule has 162 valence electrons. The van der Waals surface area contributed by atoms with Gasteiger partial charge in [-0.2, -0.15) is 0 Å². The minimum atomic E-state index is -2.51. The van der Waals surface area contributed by atoms with Crippen LogP contribution in [-0.4, -0.2) is 27.0 Å². The molecule has 0 bridgehead atoms. The van der Waals surface area contributed by atoms with Gasteiger partial charge in [-0.05, 0) is 40.1 Å². The maximum absolute atomic E-state index is 11.8. The fraction of sp³-hybridized carbons (Fsp3) is 0.500. The number of ether oxygens (including phenoxy) is 1. The predicted octanol–water partition coefficient (Wildman–Crippen LogP) is 4.93. The molecule has 30 heavy (non-hydrogen) atoms. The Balaban J connectivity index is 1.85. The standard InChI is InChI=1S/C26H36O3Si/c1-20-16-22(29-25(27)18-20)17-21(2)19-28-30(26(3,4)5,23-12-8-6-9-13-23)24-14-10-7-11-15-24/h6-15,20-22H,16-19H2,1-5H3/t20-,21+,22+/m1/s1. The first-order valence-electron chi connectivity index (χ1n) is 11.2. The third-order valence-corrected chi connectivity index (χ3v) is 11.1. The van der Waals surface area contributed by atoms with Crippen LogP contribution in [-0.2, 0) is 14.0 Å². The first-order valence-corrected chi connectivity index (χ1v) is 13.1. The molecule has 0 spiro atoms. The van der Waals surface area contributed by atoms with E-state index in [-0.39, 0.29) is 17.1 Å². The van der Waals surface area contributed by atoms with E-state index in [0.717, 1.165) is 12.8 Å². The van der Waals surface area contributed by atoms with Gasteiger partial charge in [0.2, 0.25) is 0 Å². The normalized spacial score (nSPS) is 21.2. The summed E-state index contributed by atoms with van der Waals surface area (Å²) in [7, 11) is -2.51. The smallest absolute Gasteiger partial charge is 0.306 e. The van der Waals surface area contributed by atoms with E-state index in [1.807, 2.05) is 0 Å². The second-order valence-corrected chi connectivity index (χ2v) is 14.3. The summed E-state index contributed by atoms with van der Waals surface area (Å²) in [6.07, 6.45) is 2.37. The van der Waals surface area contributed by atoms with Gasteiger partial charge in [0.05, 0.1) is 0 Å². The van der Waals surface area contributed by atoms with Gasteiger partial charge in [0.25, 0.3) is 8.32 Å². The van der Waals surface area contributed by atoms with Crippen LogP contribution in [0.15, 0.2) is 60.7 Å². The van der Waals surface area contributed by atoms with Crippen LogP contribution >= 0.6 is 0 Å². The molecule has 2 aromatic rings. The molecular weight excluding hydrogens is 388 g/mol. The van der Waals surface area contributed by atoms with Crippen molar-refractivity contribution >= 4 is 24.7 Å². The van der Waals surface area contributed by atoms with Crippen LogP contribution in [0.25, 0.3) is 0 Å². The van der Waals surface area contributed by atoms with Gasteiger partial charge >= 0.3 is 5.97 Å². The van der Waals surface area contributed by atoms with Crippen LogP contribution in [0.2, 0.25) is 5.04 Å². The molecule has 0 amide bonds. The van der Waals surface area contributed by atoms with Gasteiger partial charge in [-0.25, -0.2) is 0 Å². The van der Waals surface area contributed by atoms with E-state index < -0.39 is 8.32 Å². The van der Waals surface area contributed by atoms with Crippen LogP contribution in [0.4, 0.5) is 0 Å². The molecule has 1 fully saturated rings. The summed E-state index contributed by atoms with van der Waals surface area (Å²) < 4.78 is 12.6. The molecule has 4 heteroatoms. The van der Waals surface area contributed by atoms with E-state index in [9.17, 15) is 4.79 Å². The predicted molar refractivity (Wildman–Crippen MR) is 126 cm³/mol. The lowest BCUT2D eigenvalue weighted by molar-refractivity contribution is -0.157. The number of benzene rings is 2. The molecule has 0 unspecified atom stereocenters. The highest BCUT2D eigenvalue weighted by molar-refractivity contribution is 6.99. The zero-order valence-electron chi connectivity index (χ0n) is 19.1. The first-order chi connectivity index (χ1) is 14.2. The highest BCUT2D eigenvalue weighted by Gasteiger charge is 2.50. The number of carbonyl (C=O) groups excluding carboxylic acids is 1. The molecule has 1 aliphatic rings. The number of carbonyl (C=O) groups is 1. The van der Waals surface area contributed by atoms with Gasteiger partial charge in [0, 0.05) is 13.0 Å². The molecular formula is C26H36O3Si. The van der Waals surface area contributed by atoms with Crippen molar-refractivity contribution in [1.82, 2.24) is 0 Å². The van der Waals surface area contributed by atoms with Crippen molar-refractivity contribution in [3.05, 3.63) is 60.7 Å². The maximum Gasteiger partial charge on any atom is 0.306 e. The zero-order valence-corrected chi connectivity index (χ0v) is 20.1. The van der Waals surface area contributed by atoms with Crippen LogP contribution in [0.5, 0.6) is 0 Å². The van der Waals surface area contributed by atoms with Crippen LogP contribution in [0, 0.1) is 11.8 Å². The Morgan fingerprint density at radius 2 is 1.57 bits per heavy atom. The monoisotopic (exact) mass is 424 g/mol. The largest absolute Gasteiger partial charge is 0.462 e. The Morgan fingerprint density at radius 1 is 1.03 bits per heavy atom. The van der Waals surface area contributed by atoms with Gasteiger partial charge in [0.1, 0.15) is 6.10 Å². The van der Waals surface area contributed by atoms with E-state index in [2.05, 4.69) is 95.3 Å². The molecule has 2 aromatic carbocycles. The molecule has 0 aliphatic carbocycles. The average Bonchev–Trinajstić information content (AvgIpc) is 2.68. The highest BCUT2D eigenvalue weighted by atomic mass is 28.4. The summed E-state index contributed by atoms with van der Waals surface area (Å²) in [6, 6.07) is 21.5. The number of esters is 1. The lowest BCUT2D eigenvalue weighted by Gasteiger charge is -2.43. The minimum Gasteiger partial charge on any atom is -0.462 e. The fourth-order valence-corrected chi connectivity index (χ4v) is 9.48. The van der Waals surface area contributed by atoms with E-state index in [4.69, 9.17) is 9.16 Å². The summed E-state index contributed by atoms with van der Waals surface area (Å²) in [5.74, 6) is 0.662. The maximum atomic E-state index is 11.8. The number of cyclic esters (lactones) is 1. The number of rotatable bonds is 7. The minimum absolute atomic E-state index is 0.0130. The van der Waals surface area contributed by atoms with Gasteiger partial charge in [-0.3, -0.25) is 4.79 Å². The molecule has 1 aliphatic heterocycles. The molecule has 3 atom stereocenters. The molecule has 3 rings (SSSR count). The number of hydrogen-bond donors (Lipinski definition) is 0. The van der Waals surface area contributed by atoms with Crippen LogP contribution in [0.1, 0.15) is 53.9 Å². The lowest BCUT2D eigenvalue weighted by Crippen LogP contribution is -2.66. The van der Waals surface area contributed by atoms with E-state index >= 15 is 0 Å². The van der Waals surface area contributed by atoms with E-state index in [1.54, 1.807) is 0 Å². The second-order valence-electron chi connectivity index (χ2n) is 9.97. The molecule has 0 aromatic heterocycles. The van der Waals surface area contributed by atoms with Gasteiger partial charge in [-0.1, -0.05) is 95.3 Å². The highest BCUT2D eigenvalue weighted by Crippen LogP contribution is 2.37. The second kappa shape index (κ2) is 9.48. The third kappa shape index (κ3) is 5.04. The van der Waals surface area contributed by atoms with Crippen molar-refractivity contribution in [1.29, 1.82) is 0 Å². The number of hydrogen-bond acceptors (Lipinski definition) is 3. The molecule has 0 N–H and O–H groups in total. The van der Waals surface area contributed by atoms with Crippen molar-refractivity contribution in [3.8, 4) is 0 Å². The van der Waals surface area contributed by atoms with E-state index in [1.165, 1.54) is 10.4 Å². The van der Waals surface area contributed by atoms with Crippen molar-refractivity contribution in [2.75, 3.05) is 6.61 Å². The van der Waals surface area contributed by atoms with E-state index in [0.29, 0.717) is 24.9 Å². The van der Waals surface area contributed by atoms with Gasteiger partial charge in [0.15, 0.2) is 0 Å². The molecule has 1 heterocycles. The summed E-state index contributed by atoms with van der Waals surface area (Å²) in [5, 5.41) is 2.57. The molecule has 1 saturated heterocycles. The molecule has 0 radical (unpaired) electrons. The van der Waals surface area contributed by atoms with Crippen molar-refractivity contribution in [3.63, 3.8) is 0 Å². The Hall–Kier alpha value is -1.91. The summed E-state index contributed by atoms with van der Waals surface area (Å²) >= 11 is 0. The zero-order chi connectivity index (χ0) is 21.8. The molecule has 3 nitrogen and oxygen atoms in total. The van der Waals surface area contributed by atoms with Gasteiger partial charge in [-0.15, -0.1) is 0 Å². The first kappa shape index (κ1) is 22.8. The summed E-state index contributed by atoms with van der Waals surface area (Å²) in [6.45, 7) is 11.9. The summed E-state index contributed by atoms with van der Waals surface area (Å²) in [5.41, 5.74) is 0. The third-order valence-electron chi connectivity index (χ3n) is 6.14. The van der Waals surface area contributed by atoms with Crippen LogP contribution < -0.4 is 10.4 Å².